The largest absolute Gasteiger partial charge is 0.478 e. The van der Waals surface area contributed by atoms with Gasteiger partial charge in [0.1, 0.15) is 0 Å². The predicted molar refractivity (Wildman–Crippen MR) is 99.3 cm³/mol. The van der Waals surface area contributed by atoms with Gasteiger partial charge < -0.3 is 15.3 Å². The number of carboxylic acid groups (broad SMARTS) is 1. The standard InChI is InChI=1S/C20H22N2O4/c1-13-7-6-8-14(2)19(13)21-17(23)12-22(3)18(24)11-15-9-4-5-10-16(15)20(25)26/h4-10H,11-12H2,1-3H3,(H,21,23)(H,25,26). The highest BCUT2D eigenvalue weighted by atomic mass is 16.4. The molecule has 0 aromatic heterocycles. The molecule has 0 spiro atoms. The van der Waals surface area contributed by atoms with E-state index in [1.54, 1.807) is 18.2 Å². The summed E-state index contributed by atoms with van der Waals surface area (Å²) in [7, 11) is 1.52. The van der Waals surface area contributed by atoms with E-state index in [1.165, 1.54) is 18.0 Å². The van der Waals surface area contributed by atoms with E-state index < -0.39 is 5.97 Å². The zero-order chi connectivity index (χ0) is 19.3. The number of nitrogens with one attached hydrogen (secondary N) is 1. The van der Waals surface area contributed by atoms with Crippen LogP contribution in [0.4, 0.5) is 5.69 Å². The molecular weight excluding hydrogens is 332 g/mol. The number of hydrogen-bond donors (Lipinski definition) is 2. The fourth-order valence-electron chi connectivity index (χ4n) is 2.68. The van der Waals surface area contributed by atoms with Crippen LogP contribution < -0.4 is 5.32 Å². The van der Waals surface area contributed by atoms with E-state index in [1.807, 2.05) is 32.0 Å². The molecule has 2 aromatic carbocycles. The van der Waals surface area contributed by atoms with Gasteiger partial charge in [-0.3, -0.25) is 9.59 Å². The molecule has 6 nitrogen and oxygen atoms in total. The molecule has 2 N–H and O–H groups in total. The Bertz CT molecular complexity index is 825. The maximum Gasteiger partial charge on any atom is 0.335 e. The Morgan fingerprint density at radius 1 is 1.00 bits per heavy atom. The highest BCUT2D eigenvalue weighted by Gasteiger charge is 2.17. The molecule has 0 unspecified atom stereocenters. The molecule has 0 saturated heterocycles. The fraction of sp³-hybridized carbons (Fsp3) is 0.250. The maximum absolute atomic E-state index is 12.4. The first-order chi connectivity index (χ1) is 12.3. The van der Waals surface area contributed by atoms with Crippen LogP contribution in [0.15, 0.2) is 42.5 Å². The smallest absolute Gasteiger partial charge is 0.335 e. The normalized spacial score (nSPS) is 10.3. The van der Waals surface area contributed by atoms with Crippen molar-refractivity contribution in [2.24, 2.45) is 0 Å². The highest BCUT2D eigenvalue weighted by molar-refractivity contribution is 5.96. The number of amides is 2. The topological polar surface area (TPSA) is 86.7 Å². The van der Waals surface area contributed by atoms with E-state index in [2.05, 4.69) is 5.32 Å². The third kappa shape index (κ3) is 4.69. The number of rotatable bonds is 6. The Hall–Kier alpha value is -3.15. The average Bonchev–Trinajstić information content (AvgIpc) is 2.58. The van der Waals surface area contributed by atoms with Gasteiger partial charge >= 0.3 is 5.97 Å². The molecular formula is C20H22N2O4. The van der Waals surface area contributed by atoms with Gasteiger partial charge in [-0.25, -0.2) is 4.79 Å². The second kappa shape index (κ2) is 8.29. The van der Waals surface area contributed by atoms with Crippen LogP contribution in [0.1, 0.15) is 27.0 Å². The highest BCUT2D eigenvalue weighted by Crippen LogP contribution is 2.19. The summed E-state index contributed by atoms with van der Waals surface area (Å²) >= 11 is 0. The summed E-state index contributed by atoms with van der Waals surface area (Å²) in [6.45, 7) is 3.70. The van der Waals surface area contributed by atoms with Crippen molar-refractivity contribution in [2.75, 3.05) is 18.9 Å². The zero-order valence-corrected chi connectivity index (χ0v) is 15.1. The molecule has 2 amide bonds. The van der Waals surface area contributed by atoms with Gasteiger partial charge in [0.05, 0.1) is 18.5 Å². The molecule has 26 heavy (non-hydrogen) atoms. The second-order valence-corrected chi connectivity index (χ2v) is 6.20. The maximum atomic E-state index is 12.4. The van der Waals surface area contributed by atoms with Crippen molar-refractivity contribution < 1.29 is 19.5 Å². The lowest BCUT2D eigenvalue weighted by atomic mass is 10.0. The summed E-state index contributed by atoms with van der Waals surface area (Å²) in [4.78, 5) is 37.1. The Labute approximate surface area is 152 Å². The number of aromatic carboxylic acids is 1. The van der Waals surface area contributed by atoms with Gasteiger partial charge in [-0.15, -0.1) is 0 Å². The molecule has 0 aliphatic rings. The average molecular weight is 354 g/mol. The van der Waals surface area contributed by atoms with Crippen molar-refractivity contribution >= 4 is 23.5 Å². The van der Waals surface area contributed by atoms with E-state index in [0.29, 0.717) is 5.56 Å². The van der Waals surface area contributed by atoms with Crippen LogP contribution in [0.25, 0.3) is 0 Å². The molecule has 0 aliphatic heterocycles. The predicted octanol–water partition coefficient (Wildman–Crippen LogP) is 2.64. The molecule has 0 aliphatic carbocycles. The van der Waals surface area contributed by atoms with Gasteiger partial charge in [-0.2, -0.15) is 0 Å². The first kappa shape index (κ1) is 19.2. The number of benzene rings is 2. The molecule has 0 heterocycles. The van der Waals surface area contributed by atoms with E-state index in [0.717, 1.165) is 16.8 Å². The van der Waals surface area contributed by atoms with Crippen LogP contribution in [-0.4, -0.2) is 41.4 Å². The number of hydrogen-bond acceptors (Lipinski definition) is 3. The van der Waals surface area contributed by atoms with Crippen LogP contribution in [0.3, 0.4) is 0 Å². The Balaban J connectivity index is 2.01. The molecule has 0 bridgehead atoms. The minimum atomic E-state index is -1.08. The summed E-state index contributed by atoms with van der Waals surface area (Å²) in [6, 6.07) is 12.1. The lowest BCUT2D eigenvalue weighted by molar-refractivity contribution is -0.132. The first-order valence-corrected chi connectivity index (χ1v) is 8.21. The summed E-state index contributed by atoms with van der Waals surface area (Å²) in [5.41, 5.74) is 3.15. The molecule has 0 radical (unpaired) electrons. The minimum Gasteiger partial charge on any atom is -0.478 e. The van der Waals surface area contributed by atoms with Crippen LogP contribution in [0, 0.1) is 13.8 Å². The molecule has 2 rings (SSSR count). The number of likely N-dealkylation sites (N-methyl/N-ethyl adjacent to an activating group) is 1. The molecule has 2 aromatic rings. The van der Waals surface area contributed by atoms with E-state index in [-0.39, 0.29) is 30.3 Å². The minimum absolute atomic E-state index is 0.0738. The number of carbonyl (C=O) groups is 3. The molecule has 6 heteroatoms. The number of aryl methyl sites for hydroxylation is 2. The molecule has 0 atom stereocenters. The fourth-order valence-corrected chi connectivity index (χ4v) is 2.68. The number of para-hydroxylation sites is 1. The summed E-state index contributed by atoms with van der Waals surface area (Å²) in [6.07, 6.45) is -0.0738. The zero-order valence-electron chi connectivity index (χ0n) is 15.1. The SMILES string of the molecule is Cc1cccc(C)c1NC(=O)CN(C)C(=O)Cc1ccccc1C(=O)O. The second-order valence-electron chi connectivity index (χ2n) is 6.20. The van der Waals surface area contributed by atoms with Crippen molar-refractivity contribution in [1.82, 2.24) is 4.90 Å². The Morgan fingerprint density at radius 2 is 1.62 bits per heavy atom. The van der Waals surface area contributed by atoms with Gasteiger partial charge in [-0.1, -0.05) is 36.4 Å². The van der Waals surface area contributed by atoms with E-state index in [4.69, 9.17) is 0 Å². The van der Waals surface area contributed by atoms with Crippen molar-refractivity contribution in [2.45, 2.75) is 20.3 Å². The Kier molecular flexibility index (Phi) is 6.11. The summed E-state index contributed by atoms with van der Waals surface area (Å²) < 4.78 is 0. The Morgan fingerprint density at radius 3 is 2.23 bits per heavy atom. The number of carboxylic acids is 1. The van der Waals surface area contributed by atoms with Crippen LogP contribution in [-0.2, 0) is 16.0 Å². The van der Waals surface area contributed by atoms with Crippen molar-refractivity contribution in [1.29, 1.82) is 0 Å². The van der Waals surface area contributed by atoms with Crippen molar-refractivity contribution in [3.8, 4) is 0 Å². The van der Waals surface area contributed by atoms with Gasteiger partial charge in [0.15, 0.2) is 0 Å². The van der Waals surface area contributed by atoms with Gasteiger partial charge in [-0.05, 0) is 36.6 Å². The van der Waals surface area contributed by atoms with Gasteiger partial charge in [0.2, 0.25) is 11.8 Å². The number of nitrogens with zero attached hydrogens (tertiary/aromatic N) is 1. The quantitative estimate of drug-likeness (QED) is 0.835. The van der Waals surface area contributed by atoms with Gasteiger partial charge in [0, 0.05) is 12.7 Å². The third-order valence-corrected chi connectivity index (χ3v) is 4.14. The molecule has 0 saturated carbocycles. The van der Waals surface area contributed by atoms with E-state index >= 15 is 0 Å². The number of carbonyl (C=O) groups excluding carboxylic acids is 2. The molecule has 136 valence electrons. The third-order valence-electron chi connectivity index (χ3n) is 4.14. The van der Waals surface area contributed by atoms with Crippen LogP contribution in [0.5, 0.6) is 0 Å². The first-order valence-electron chi connectivity index (χ1n) is 8.21. The lowest BCUT2D eigenvalue weighted by Crippen LogP contribution is -2.36. The van der Waals surface area contributed by atoms with Gasteiger partial charge in [0.25, 0.3) is 0 Å². The monoisotopic (exact) mass is 354 g/mol. The van der Waals surface area contributed by atoms with E-state index in [9.17, 15) is 19.5 Å². The van der Waals surface area contributed by atoms with Crippen LogP contribution >= 0.6 is 0 Å². The number of anilines is 1. The molecule has 0 fully saturated rings. The van der Waals surface area contributed by atoms with Crippen molar-refractivity contribution in [3.63, 3.8) is 0 Å². The van der Waals surface area contributed by atoms with Crippen molar-refractivity contribution in [3.05, 3.63) is 64.7 Å². The summed E-state index contributed by atoms with van der Waals surface area (Å²) in [5, 5.41) is 12.0. The summed E-state index contributed by atoms with van der Waals surface area (Å²) in [5.74, 6) is -1.70. The lowest BCUT2D eigenvalue weighted by Gasteiger charge is -2.18. The van der Waals surface area contributed by atoms with Crippen LogP contribution in [0.2, 0.25) is 0 Å².